The molecule has 1 aromatic carbocycles. The molecule has 0 N–H and O–H groups in total. The number of carbonyl (C=O) groups excluding carboxylic acids is 2. The van der Waals surface area contributed by atoms with Gasteiger partial charge in [0.05, 0.1) is 0 Å². The Morgan fingerprint density at radius 2 is 1.67 bits per heavy atom. The van der Waals surface area contributed by atoms with Crippen molar-refractivity contribution in [2.24, 2.45) is 5.41 Å². The van der Waals surface area contributed by atoms with Crippen LogP contribution in [0.4, 0.5) is 0 Å². The van der Waals surface area contributed by atoms with Gasteiger partial charge in [0.25, 0.3) is 0 Å². The summed E-state index contributed by atoms with van der Waals surface area (Å²) >= 11 is 0. The molecular formula is C20H28N2O2. The van der Waals surface area contributed by atoms with Crippen LogP contribution in [0.3, 0.4) is 0 Å². The van der Waals surface area contributed by atoms with Crippen LogP contribution in [0.1, 0.15) is 50.7 Å². The van der Waals surface area contributed by atoms with Crippen molar-refractivity contribution in [3.05, 3.63) is 35.4 Å². The molecule has 0 aliphatic carbocycles. The van der Waals surface area contributed by atoms with Crippen molar-refractivity contribution in [2.75, 3.05) is 19.6 Å². The van der Waals surface area contributed by atoms with E-state index in [9.17, 15) is 9.59 Å². The van der Waals surface area contributed by atoms with E-state index in [0.717, 1.165) is 32.5 Å². The molecule has 1 fully saturated rings. The lowest BCUT2D eigenvalue weighted by molar-refractivity contribution is -0.139. The maximum Gasteiger partial charge on any atom is 0.223 e. The topological polar surface area (TPSA) is 40.6 Å². The summed E-state index contributed by atoms with van der Waals surface area (Å²) < 4.78 is 0. The molecule has 2 heterocycles. The van der Waals surface area contributed by atoms with Crippen molar-refractivity contribution in [1.29, 1.82) is 0 Å². The van der Waals surface area contributed by atoms with Crippen molar-refractivity contribution in [3.8, 4) is 0 Å². The van der Waals surface area contributed by atoms with Crippen molar-refractivity contribution in [1.82, 2.24) is 9.80 Å². The summed E-state index contributed by atoms with van der Waals surface area (Å²) in [6.07, 6.45) is 3.82. The molecule has 0 saturated carbocycles. The summed E-state index contributed by atoms with van der Waals surface area (Å²) in [6, 6.07) is 8.30. The van der Waals surface area contributed by atoms with Crippen LogP contribution in [0.2, 0.25) is 0 Å². The molecule has 2 aliphatic rings. The fraction of sp³-hybridized carbons (Fsp3) is 0.600. The lowest BCUT2D eigenvalue weighted by Crippen LogP contribution is -2.44. The average Bonchev–Trinajstić information content (AvgIpc) is 2.58. The minimum atomic E-state index is 0.106. The van der Waals surface area contributed by atoms with Gasteiger partial charge in [0.1, 0.15) is 0 Å². The number of likely N-dealkylation sites (tertiary alicyclic amines) is 1. The molecule has 0 aromatic heterocycles. The Bertz CT molecular complexity index is 624. The molecule has 24 heavy (non-hydrogen) atoms. The SMILES string of the molecule is CC1(C)CCCN(C(=O)CCC(=O)N2CCc3ccccc3C2)C1. The lowest BCUT2D eigenvalue weighted by atomic mass is 9.84. The van der Waals surface area contributed by atoms with Gasteiger partial charge in [-0.05, 0) is 35.8 Å². The molecule has 2 amide bonds. The van der Waals surface area contributed by atoms with Gasteiger partial charge in [-0.15, -0.1) is 0 Å². The van der Waals surface area contributed by atoms with Gasteiger partial charge in [0.15, 0.2) is 0 Å². The minimum Gasteiger partial charge on any atom is -0.342 e. The first-order chi connectivity index (χ1) is 11.4. The molecule has 1 aromatic rings. The van der Waals surface area contributed by atoms with Gasteiger partial charge in [0, 0.05) is 39.0 Å². The number of fused-ring (bicyclic) bond motifs is 1. The Balaban J connectivity index is 1.50. The first-order valence-corrected chi connectivity index (χ1v) is 9.07. The summed E-state index contributed by atoms with van der Waals surface area (Å²) in [5, 5.41) is 0. The van der Waals surface area contributed by atoms with Crippen molar-refractivity contribution >= 4 is 11.8 Å². The van der Waals surface area contributed by atoms with Crippen LogP contribution in [-0.4, -0.2) is 41.2 Å². The van der Waals surface area contributed by atoms with E-state index < -0.39 is 0 Å². The zero-order chi connectivity index (χ0) is 17.2. The Kier molecular flexibility index (Phi) is 4.93. The molecule has 130 valence electrons. The van der Waals surface area contributed by atoms with Gasteiger partial charge >= 0.3 is 0 Å². The van der Waals surface area contributed by atoms with E-state index in [2.05, 4.69) is 32.0 Å². The second kappa shape index (κ2) is 6.96. The first-order valence-electron chi connectivity index (χ1n) is 9.07. The average molecular weight is 328 g/mol. The van der Waals surface area contributed by atoms with Crippen LogP contribution in [0.5, 0.6) is 0 Å². The molecule has 4 heteroatoms. The van der Waals surface area contributed by atoms with Crippen LogP contribution < -0.4 is 0 Å². The quantitative estimate of drug-likeness (QED) is 0.856. The summed E-state index contributed by atoms with van der Waals surface area (Å²) in [7, 11) is 0. The lowest BCUT2D eigenvalue weighted by Gasteiger charge is -2.38. The molecule has 0 radical (unpaired) electrons. The van der Waals surface area contributed by atoms with Crippen LogP contribution in [-0.2, 0) is 22.6 Å². The highest BCUT2D eigenvalue weighted by Gasteiger charge is 2.29. The van der Waals surface area contributed by atoms with E-state index in [-0.39, 0.29) is 17.2 Å². The smallest absolute Gasteiger partial charge is 0.223 e. The molecule has 0 spiro atoms. The Hall–Kier alpha value is -1.84. The van der Waals surface area contributed by atoms with Gasteiger partial charge in [-0.1, -0.05) is 38.1 Å². The summed E-state index contributed by atoms with van der Waals surface area (Å²) in [6.45, 7) is 7.52. The maximum absolute atomic E-state index is 12.5. The Morgan fingerprint density at radius 1 is 1.00 bits per heavy atom. The molecule has 4 nitrogen and oxygen atoms in total. The second-order valence-electron chi connectivity index (χ2n) is 7.92. The highest BCUT2D eigenvalue weighted by atomic mass is 16.2. The molecule has 0 atom stereocenters. The maximum atomic E-state index is 12.5. The molecule has 2 aliphatic heterocycles. The normalized spacial score (nSPS) is 19.8. The van der Waals surface area contributed by atoms with Gasteiger partial charge in [-0.25, -0.2) is 0 Å². The molecular weight excluding hydrogens is 300 g/mol. The largest absolute Gasteiger partial charge is 0.342 e. The number of benzene rings is 1. The van der Waals surface area contributed by atoms with Gasteiger partial charge < -0.3 is 9.80 Å². The predicted molar refractivity (Wildman–Crippen MR) is 94.4 cm³/mol. The fourth-order valence-corrected chi connectivity index (χ4v) is 3.87. The number of amides is 2. The highest BCUT2D eigenvalue weighted by molar-refractivity contribution is 5.84. The van der Waals surface area contributed by atoms with Crippen LogP contribution in [0.25, 0.3) is 0 Å². The summed E-state index contributed by atoms with van der Waals surface area (Å²) in [5.74, 6) is 0.239. The third-order valence-corrected chi connectivity index (χ3v) is 5.29. The van der Waals surface area contributed by atoms with E-state index in [0.29, 0.717) is 19.4 Å². The zero-order valence-electron chi connectivity index (χ0n) is 14.9. The third-order valence-electron chi connectivity index (χ3n) is 5.29. The molecule has 1 saturated heterocycles. The van der Waals surface area contributed by atoms with Gasteiger partial charge in [-0.2, -0.15) is 0 Å². The van der Waals surface area contributed by atoms with E-state index >= 15 is 0 Å². The van der Waals surface area contributed by atoms with Gasteiger partial charge in [-0.3, -0.25) is 9.59 Å². The van der Waals surface area contributed by atoms with Crippen LogP contribution in [0, 0.1) is 5.41 Å². The van der Waals surface area contributed by atoms with Crippen LogP contribution >= 0.6 is 0 Å². The standard InChI is InChI=1S/C20H28N2O2/c1-20(2)11-5-12-22(15-20)19(24)9-8-18(23)21-13-10-16-6-3-4-7-17(16)14-21/h3-4,6-7H,5,8-15H2,1-2H3. The van der Waals surface area contributed by atoms with E-state index in [1.54, 1.807) is 0 Å². The predicted octanol–water partition coefficient (Wildman–Crippen LogP) is 3.00. The Morgan fingerprint density at radius 3 is 2.38 bits per heavy atom. The van der Waals surface area contributed by atoms with E-state index in [4.69, 9.17) is 0 Å². The molecule has 0 bridgehead atoms. The van der Waals surface area contributed by atoms with E-state index in [1.807, 2.05) is 15.9 Å². The Labute approximate surface area is 144 Å². The fourth-order valence-electron chi connectivity index (χ4n) is 3.87. The number of nitrogens with zero attached hydrogens (tertiary/aromatic N) is 2. The van der Waals surface area contributed by atoms with Gasteiger partial charge in [0.2, 0.25) is 11.8 Å². The second-order valence-corrected chi connectivity index (χ2v) is 7.92. The highest BCUT2D eigenvalue weighted by Crippen LogP contribution is 2.28. The number of carbonyl (C=O) groups is 2. The van der Waals surface area contributed by atoms with Crippen molar-refractivity contribution in [3.63, 3.8) is 0 Å². The van der Waals surface area contributed by atoms with Crippen molar-refractivity contribution < 1.29 is 9.59 Å². The van der Waals surface area contributed by atoms with Crippen molar-refractivity contribution in [2.45, 2.75) is 52.5 Å². The monoisotopic (exact) mass is 328 g/mol. The zero-order valence-corrected chi connectivity index (χ0v) is 14.9. The summed E-state index contributed by atoms with van der Waals surface area (Å²) in [4.78, 5) is 28.7. The molecule has 0 unspecified atom stereocenters. The number of hydrogen-bond donors (Lipinski definition) is 0. The third kappa shape index (κ3) is 3.97. The molecule has 3 rings (SSSR count). The number of hydrogen-bond acceptors (Lipinski definition) is 2. The summed E-state index contributed by atoms with van der Waals surface area (Å²) in [5.41, 5.74) is 2.78. The van der Waals surface area contributed by atoms with E-state index in [1.165, 1.54) is 17.5 Å². The number of rotatable bonds is 3. The van der Waals surface area contributed by atoms with Crippen LogP contribution in [0.15, 0.2) is 24.3 Å². The number of piperidine rings is 1. The first kappa shape index (κ1) is 17.0. The minimum absolute atomic E-state index is 0.106.